The summed E-state index contributed by atoms with van der Waals surface area (Å²) in [5, 5.41) is 12.2. The zero-order chi connectivity index (χ0) is 13.0. The normalized spacial score (nSPS) is 22.7. The predicted octanol–water partition coefficient (Wildman–Crippen LogP) is 1.40. The van der Waals surface area contributed by atoms with E-state index in [1.165, 1.54) is 13.3 Å². The number of aromatic nitrogens is 2. The number of nitrogens with one attached hydrogen (secondary N) is 1. The van der Waals surface area contributed by atoms with Crippen molar-refractivity contribution in [1.82, 2.24) is 9.97 Å². The summed E-state index contributed by atoms with van der Waals surface area (Å²) in [7, 11) is 1.53. The van der Waals surface area contributed by atoms with Gasteiger partial charge in [0.1, 0.15) is 5.82 Å². The molecular weight excluding hydrogens is 234 g/mol. The van der Waals surface area contributed by atoms with Gasteiger partial charge in [0.25, 0.3) is 0 Å². The van der Waals surface area contributed by atoms with Crippen molar-refractivity contribution in [2.75, 3.05) is 19.0 Å². The molecule has 0 aromatic carbocycles. The molecule has 2 atom stereocenters. The molecule has 0 radical (unpaired) electrons. The molecule has 2 unspecified atom stereocenters. The van der Waals surface area contributed by atoms with E-state index in [4.69, 9.17) is 9.84 Å². The topological polar surface area (TPSA) is 84.3 Å². The van der Waals surface area contributed by atoms with Gasteiger partial charge in [-0.2, -0.15) is 4.98 Å². The number of rotatable bonds is 5. The van der Waals surface area contributed by atoms with E-state index in [0.29, 0.717) is 18.2 Å². The fourth-order valence-corrected chi connectivity index (χ4v) is 2.37. The van der Waals surface area contributed by atoms with E-state index in [9.17, 15) is 4.79 Å². The first-order valence-electron chi connectivity index (χ1n) is 6.03. The highest BCUT2D eigenvalue weighted by atomic mass is 16.5. The van der Waals surface area contributed by atoms with E-state index in [2.05, 4.69) is 15.3 Å². The van der Waals surface area contributed by atoms with Crippen molar-refractivity contribution in [1.29, 1.82) is 0 Å². The molecule has 2 rings (SSSR count). The van der Waals surface area contributed by atoms with Crippen LogP contribution in [0.1, 0.15) is 19.3 Å². The molecule has 0 aliphatic heterocycles. The van der Waals surface area contributed by atoms with E-state index in [1.54, 1.807) is 6.20 Å². The molecule has 0 bridgehead atoms. The van der Waals surface area contributed by atoms with E-state index < -0.39 is 5.97 Å². The van der Waals surface area contributed by atoms with Crippen molar-refractivity contribution in [3.8, 4) is 5.88 Å². The van der Waals surface area contributed by atoms with E-state index in [1.807, 2.05) is 0 Å². The highest BCUT2D eigenvalue weighted by molar-refractivity contribution is 5.70. The van der Waals surface area contributed by atoms with Crippen LogP contribution >= 0.6 is 0 Å². The van der Waals surface area contributed by atoms with Gasteiger partial charge >= 0.3 is 5.97 Å². The Hall–Kier alpha value is -1.85. The van der Waals surface area contributed by atoms with Crippen LogP contribution in [0.15, 0.2) is 12.4 Å². The zero-order valence-electron chi connectivity index (χ0n) is 10.3. The predicted molar refractivity (Wildman–Crippen MR) is 65.5 cm³/mol. The second kappa shape index (κ2) is 5.66. The van der Waals surface area contributed by atoms with Gasteiger partial charge in [0.05, 0.1) is 25.4 Å². The minimum atomic E-state index is -0.698. The number of hydrogen-bond acceptors (Lipinski definition) is 5. The highest BCUT2D eigenvalue weighted by Crippen LogP contribution is 2.31. The van der Waals surface area contributed by atoms with Crippen molar-refractivity contribution >= 4 is 11.8 Å². The maximum absolute atomic E-state index is 11.0. The summed E-state index contributed by atoms with van der Waals surface area (Å²) in [6.07, 6.45) is 5.83. The third-order valence-corrected chi connectivity index (χ3v) is 3.34. The summed E-state index contributed by atoms with van der Waals surface area (Å²) < 4.78 is 4.98. The summed E-state index contributed by atoms with van der Waals surface area (Å²) in [6, 6.07) is 0. The summed E-state index contributed by atoms with van der Waals surface area (Å²) >= 11 is 0. The molecule has 1 aliphatic carbocycles. The van der Waals surface area contributed by atoms with Crippen molar-refractivity contribution in [2.24, 2.45) is 11.8 Å². The number of methoxy groups -OCH3 is 1. The van der Waals surface area contributed by atoms with Crippen molar-refractivity contribution < 1.29 is 14.6 Å². The molecule has 1 heterocycles. The van der Waals surface area contributed by atoms with Crippen molar-refractivity contribution in [3.05, 3.63) is 12.4 Å². The smallest absolute Gasteiger partial charge is 0.306 e. The van der Waals surface area contributed by atoms with Gasteiger partial charge in [0, 0.05) is 6.54 Å². The summed E-state index contributed by atoms with van der Waals surface area (Å²) in [5.74, 6) is 0.286. The Morgan fingerprint density at radius 3 is 3.11 bits per heavy atom. The lowest BCUT2D eigenvalue weighted by Gasteiger charge is -2.16. The van der Waals surface area contributed by atoms with Gasteiger partial charge in [-0.15, -0.1) is 0 Å². The number of carboxylic acids is 1. The van der Waals surface area contributed by atoms with E-state index in [-0.39, 0.29) is 11.8 Å². The molecule has 18 heavy (non-hydrogen) atoms. The van der Waals surface area contributed by atoms with Gasteiger partial charge in [0.15, 0.2) is 0 Å². The molecule has 98 valence electrons. The zero-order valence-corrected chi connectivity index (χ0v) is 10.3. The standard InChI is InChI=1S/C12H17N3O3/c1-18-11-7-13-6-10(15-11)14-5-8-3-2-4-9(8)12(16)17/h6-9H,2-5H2,1H3,(H,14,15)(H,16,17). The first kappa shape index (κ1) is 12.6. The maximum atomic E-state index is 11.0. The Morgan fingerprint density at radius 1 is 1.56 bits per heavy atom. The Morgan fingerprint density at radius 2 is 2.39 bits per heavy atom. The minimum Gasteiger partial charge on any atom is -0.481 e. The molecular formula is C12H17N3O3. The van der Waals surface area contributed by atoms with Crippen LogP contribution in [0, 0.1) is 11.8 Å². The van der Waals surface area contributed by atoms with Gasteiger partial charge in [0.2, 0.25) is 5.88 Å². The van der Waals surface area contributed by atoms with Crippen LogP contribution in [0.4, 0.5) is 5.82 Å². The average Bonchev–Trinajstić information content (AvgIpc) is 2.85. The van der Waals surface area contributed by atoms with E-state index >= 15 is 0 Å². The molecule has 1 aliphatic rings. The fraction of sp³-hybridized carbons (Fsp3) is 0.583. The molecule has 1 saturated carbocycles. The Bertz CT molecular complexity index is 425. The number of aliphatic carboxylic acids is 1. The molecule has 1 fully saturated rings. The summed E-state index contributed by atoms with van der Waals surface area (Å²) in [5.41, 5.74) is 0. The van der Waals surface area contributed by atoms with E-state index in [0.717, 1.165) is 19.3 Å². The Kier molecular flexibility index (Phi) is 3.96. The first-order chi connectivity index (χ1) is 8.70. The van der Waals surface area contributed by atoms with Gasteiger partial charge in [-0.3, -0.25) is 9.78 Å². The number of nitrogens with zero attached hydrogens (tertiary/aromatic N) is 2. The van der Waals surface area contributed by atoms with Crippen LogP contribution < -0.4 is 10.1 Å². The molecule has 0 spiro atoms. The lowest BCUT2D eigenvalue weighted by Crippen LogP contribution is -2.24. The quantitative estimate of drug-likeness (QED) is 0.822. The molecule has 6 heteroatoms. The fourth-order valence-electron chi connectivity index (χ4n) is 2.37. The van der Waals surface area contributed by atoms with Gasteiger partial charge < -0.3 is 15.2 Å². The van der Waals surface area contributed by atoms with Crippen LogP contribution in [0.3, 0.4) is 0 Å². The van der Waals surface area contributed by atoms with Gasteiger partial charge in [-0.1, -0.05) is 6.42 Å². The summed E-state index contributed by atoms with van der Waals surface area (Å²) in [6.45, 7) is 0.610. The molecule has 0 amide bonds. The lowest BCUT2D eigenvalue weighted by atomic mass is 9.96. The summed E-state index contributed by atoms with van der Waals surface area (Å²) in [4.78, 5) is 19.2. The number of carbonyl (C=O) groups is 1. The molecule has 6 nitrogen and oxygen atoms in total. The van der Waals surface area contributed by atoms with Crippen molar-refractivity contribution in [3.63, 3.8) is 0 Å². The number of hydrogen-bond donors (Lipinski definition) is 2. The number of anilines is 1. The van der Waals surface area contributed by atoms with Gasteiger partial charge in [-0.05, 0) is 18.8 Å². The largest absolute Gasteiger partial charge is 0.481 e. The second-order valence-corrected chi connectivity index (χ2v) is 4.46. The molecule has 1 aromatic heterocycles. The average molecular weight is 251 g/mol. The lowest BCUT2D eigenvalue weighted by molar-refractivity contribution is -0.142. The molecule has 0 saturated heterocycles. The van der Waals surface area contributed by atoms with Gasteiger partial charge in [-0.25, -0.2) is 0 Å². The van der Waals surface area contributed by atoms with Crippen LogP contribution in [0.5, 0.6) is 5.88 Å². The first-order valence-corrected chi connectivity index (χ1v) is 6.03. The van der Waals surface area contributed by atoms with Crippen LogP contribution in [-0.2, 0) is 4.79 Å². The van der Waals surface area contributed by atoms with Crippen molar-refractivity contribution in [2.45, 2.75) is 19.3 Å². The Balaban J connectivity index is 1.92. The SMILES string of the molecule is COc1cncc(NCC2CCCC2C(=O)O)n1. The minimum absolute atomic E-state index is 0.163. The maximum Gasteiger partial charge on any atom is 0.306 e. The number of ether oxygens (including phenoxy) is 1. The van der Waals surface area contributed by atoms with Crippen LogP contribution in [0.25, 0.3) is 0 Å². The Labute approximate surface area is 105 Å². The van der Waals surface area contributed by atoms with Crippen LogP contribution in [-0.4, -0.2) is 34.7 Å². The highest BCUT2D eigenvalue weighted by Gasteiger charge is 2.32. The third-order valence-electron chi connectivity index (χ3n) is 3.34. The molecule has 2 N–H and O–H groups in total. The number of carboxylic acid groups (broad SMARTS) is 1. The second-order valence-electron chi connectivity index (χ2n) is 4.46. The van der Waals surface area contributed by atoms with Crippen LogP contribution in [0.2, 0.25) is 0 Å². The third kappa shape index (κ3) is 2.88. The molecule has 1 aromatic rings. The monoisotopic (exact) mass is 251 g/mol.